The average molecular weight is 685 g/mol. The van der Waals surface area contributed by atoms with Crippen molar-refractivity contribution in [2.45, 2.75) is 63.7 Å². The van der Waals surface area contributed by atoms with Crippen LogP contribution in [0.2, 0.25) is 0 Å². The van der Waals surface area contributed by atoms with Crippen LogP contribution in [0, 0.1) is 0 Å². The predicted octanol–water partition coefficient (Wildman–Crippen LogP) is 10.4. The molecule has 4 aliphatic heterocycles. The molecule has 0 bridgehead atoms. The van der Waals surface area contributed by atoms with E-state index in [0.29, 0.717) is 17.8 Å². The van der Waals surface area contributed by atoms with Crippen molar-refractivity contribution in [3.05, 3.63) is 132 Å². The third-order valence-corrected chi connectivity index (χ3v) is 10.8. The molecule has 0 unspecified atom stereocenters. The van der Waals surface area contributed by atoms with Gasteiger partial charge in [-0.15, -0.1) is 0 Å². The summed E-state index contributed by atoms with van der Waals surface area (Å²) in [6.45, 7) is 2.16. The Bertz CT molecular complexity index is 2130. The fourth-order valence-electron chi connectivity index (χ4n) is 8.05. The lowest BCUT2D eigenvalue weighted by Gasteiger charge is -2.32. The first-order valence-corrected chi connectivity index (χ1v) is 18.9. The van der Waals surface area contributed by atoms with Crippen molar-refractivity contribution in [1.29, 1.82) is 0 Å². The van der Waals surface area contributed by atoms with Crippen molar-refractivity contribution in [2.24, 2.45) is 20.0 Å². The molecule has 8 heteroatoms. The summed E-state index contributed by atoms with van der Waals surface area (Å²) < 4.78 is 0. The van der Waals surface area contributed by atoms with Gasteiger partial charge in [-0.05, 0) is 104 Å². The Morgan fingerprint density at radius 1 is 0.596 bits per heavy atom. The Balaban J connectivity index is 1.12. The maximum atomic E-state index is 5.11. The number of piperidine rings is 1. The van der Waals surface area contributed by atoms with Crippen LogP contribution >= 0.6 is 0 Å². The van der Waals surface area contributed by atoms with Gasteiger partial charge in [-0.1, -0.05) is 74.2 Å². The molecule has 0 atom stereocenters. The Kier molecular flexibility index (Phi) is 8.95. The first-order chi connectivity index (χ1) is 25.7. The van der Waals surface area contributed by atoms with Crippen LogP contribution in [0.4, 0.5) is 28.4 Å². The quantitative estimate of drug-likeness (QED) is 0.181. The first-order valence-electron chi connectivity index (χ1n) is 18.9. The zero-order valence-corrected chi connectivity index (χ0v) is 29.5. The number of anilines is 5. The molecule has 0 aromatic heterocycles. The van der Waals surface area contributed by atoms with Crippen LogP contribution in [-0.4, -0.2) is 42.0 Å². The summed E-state index contributed by atoms with van der Waals surface area (Å²) in [5.41, 5.74) is 11.5. The molecule has 0 spiro atoms. The van der Waals surface area contributed by atoms with Gasteiger partial charge in [0.1, 0.15) is 6.34 Å². The van der Waals surface area contributed by atoms with Gasteiger partial charge < -0.3 is 15.5 Å². The molecule has 0 amide bonds. The fourth-order valence-corrected chi connectivity index (χ4v) is 8.05. The normalized spacial score (nSPS) is 18.7. The number of nitrogens with one attached hydrogen (secondary N) is 2. The van der Waals surface area contributed by atoms with E-state index >= 15 is 0 Å². The molecule has 5 aliphatic rings. The molecule has 0 radical (unpaired) electrons. The van der Waals surface area contributed by atoms with Crippen molar-refractivity contribution >= 4 is 58.1 Å². The van der Waals surface area contributed by atoms with Gasteiger partial charge in [0, 0.05) is 47.0 Å². The van der Waals surface area contributed by atoms with E-state index in [2.05, 4.69) is 129 Å². The predicted molar refractivity (Wildman–Crippen MR) is 217 cm³/mol. The molecule has 1 aliphatic carbocycles. The summed E-state index contributed by atoms with van der Waals surface area (Å²) in [6.07, 6.45) is 17.4. The number of hydrogen-bond donors (Lipinski definition) is 2. The third kappa shape index (κ3) is 6.68. The largest absolute Gasteiger partial charge is 0.371 e. The Labute approximate surface area is 306 Å². The Morgan fingerprint density at radius 3 is 2.00 bits per heavy atom. The standard InChI is InChI=1S/C44H44N8/c1-2-7-15-31(14-6-1)32-20-22-37(39(26-32)47-33-16-8-3-9-17-33)41-28-36-29-42(50-44-46-30-45-43(49-41)52(36)44)38-23-21-35(51-24-12-5-13-25-51)27-40(38)48-34-18-10-4-11-19-34/h3-4,8-11,16-23,26-31,47-48H,1-2,5-7,12-15,24-25H2. The maximum absolute atomic E-state index is 5.11. The zero-order chi connectivity index (χ0) is 34.7. The summed E-state index contributed by atoms with van der Waals surface area (Å²) in [5, 5.41) is 7.46. The molecular weight excluding hydrogens is 641 g/mol. The van der Waals surface area contributed by atoms with Crippen molar-refractivity contribution in [3.8, 4) is 0 Å². The first kappa shape index (κ1) is 32.2. The molecule has 52 heavy (non-hydrogen) atoms. The highest BCUT2D eigenvalue weighted by Crippen LogP contribution is 2.39. The molecular formula is C44H44N8. The van der Waals surface area contributed by atoms with E-state index in [0.717, 1.165) is 64.1 Å². The van der Waals surface area contributed by atoms with Crippen LogP contribution in [0.15, 0.2) is 135 Å². The topological polar surface area (TPSA) is 80.0 Å². The van der Waals surface area contributed by atoms with E-state index in [-0.39, 0.29) is 0 Å². The molecule has 4 aromatic carbocycles. The molecule has 1 saturated heterocycles. The van der Waals surface area contributed by atoms with Gasteiger partial charge in [0.25, 0.3) is 0 Å². The molecule has 2 N–H and O–H groups in total. The molecule has 9 rings (SSSR count). The second kappa shape index (κ2) is 14.5. The Hall–Kier alpha value is -5.76. The summed E-state index contributed by atoms with van der Waals surface area (Å²) >= 11 is 0. The monoisotopic (exact) mass is 684 g/mol. The number of nitrogens with zero attached hydrogens (tertiary/aromatic N) is 6. The molecule has 4 aromatic rings. The minimum Gasteiger partial charge on any atom is -0.371 e. The smallest absolute Gasteiger partial charge is 0.239 e. The van der Waals surface area contributed by atoms with Crippen LogP contribution in [0.3, 0.4) is 0 Å². The van der Waals surface area contributed by atoms with Gasteiger partial charge in [0.15, 0.2) is 0 Å². The molecule has 1 saturated carbocycles. The molecule has 4 heterocycles. The highest BCUT2D eigenvalue weighted by Gasteiger charge is 2.32. The summed E-state index contributed by atoms with van der Waals surface area (Å²) in [5.74, 6) is 1.71. The van der Waals surface area contributed by atoms with E-state index in [9.17, 15) is 0 Å². The van der Waals surface area contributed by atoms with Gasteiger partial charge in [0.2, 0.25) is 11.9 Å². The lowest BCUT2D eigenvalue weighted by Crippen LogP contribution is -2.40. The highest BCUT2D eigenvalue weighted by molar-refractivity contribution is 6.24. The van der Waals surface area contributed by atoms with E-state index in [1.54, 1.807) is 6.34 Å². The number of para-hydroxylation sites is 2. The van der Waals surface area contributed by atoms with Crippen molar-refractivity contribution < 1.29 is 0 Å². The lowest BCUT2D eigenvalue weighted by atomic mass is 9.90. The number of rotatable bonds is 8. The van der Waals surface area contributed by atoms with E-state index in [1.165, 1.54) is 69.0 Å². The van der Waals surface area contributed by atoms with E-state index in [1.807, 2.05) is 11.0 Å². The van der Waals surface area contributed by atoms with Crippen molar-refractivity contribution in [1.82, 2.24) is 4.90 Å². The minimum absolute atomic E-state index is 0.564. The zero-order valence-electron chi connectivity index (χ0n) is 29.5. The fraction of sp³-hybridized carbons (Fsp3) is 0.273. The molecule has 8 nitrogen and oxygen atoms in total. The highest BCUT2D eigenvalue weighted by atomic mass is 15.4. The molecule has 2 fully saturated rings. The number of hydrogen-bond acceptors (Lipinski definition) is 8. The molecule has 260 valence electrons. The van der Waals surface area contributed by atoms with Crippen molar-refractivity contribution in [3.63, 3.8) is 0 Å². The number of allylic oxidation sites excluding steroid dienone is 2. The number of benzene rings is 4. The van der Waals surface area contributed by atoms with Gasteiger partial charge in [0.05, 0.1) is 22.8 Å². The van der Waals surface area contributed by atoms with Crippen LogP contribution < -0.4 is 15.5 Å². The van der Waals surface area contributed by atoms with E-state index in [4.69, 9.17) is 9.98 Å². The van der Waals surface area contributed by atoms with Crippen molar-refractivity contribution in [2.75, 3.05) is 28.6 Å². The second-order valence-corrected chi connectivity index (χ2v) is 14.3. The van der Waals surface area contributed by atoms with Crippen LogP contribution in [0.5, 0.6) is 0 Å². The summed E-state index contributed by atoms with van der Waals surface area (Å²) in [6, 6.07) is 34.4. The Morgan fingerprint density at radius 2 is 1.27 bits per heavy atom. The van der Waals surface area contributed by atoms with E-state index < -0.39 is 0 Å². The van der Waals surface area contributed by atoms with Crippen LogP contribution in [0.25, 0.3) is 5.70 Å². The van der Waals surface area contributed by atoms with Gasteiger partial charge in [-0.3, -0.25) is 0 Å². The van der Waals surface area contributed by atoms with Gasteiger partial charge >= 0.3 is 0 Å². The van der Waals surface area contributed by atoms with Gasteiger partial charge in [-0.2, -0.15) is 0 Å². The van der Waals surface area contributed by atoms with Crippen LogP contribution in [0.1, 0.15) is 80.4 Å². The summed E-state index contributed by atoms with van der Waals surface area (Å²) in [7, 11) is 0. The number of aliphatic imine (C=N–C) groups is 4. The number of guanidine groups is 2. The minimum atomic E-state index is 0.564. The third-order valence-electron chi connectivity index (χ3n) is 10.8. The average Bonchev–Trinajstić information content (AvgIpc) is 3.49. The van der Waals surface area contributed by atoms with Crippen LogP contribution in [-0.2, 0) is 0 Å². The lowest BCUT2D eigenvalue weighted by molar-refractivity contribution is 0.578. The maximum Gasteiger partial charge on any atom is 0.239 e. The summed E-state index contributed by atoms with van der Waals surface area (Å²) in [4.78, 5) is 23.9. The second-order valence-electron chi connectivity index (χ2n) is 14.3. The van der Waals surface area contributed by atoms with Gasteiger partial charge in [-0.25, -0.2) is 24.9 Å². The SMILES string of the molecule is C1=NC2=NC(c3ccc(C4CCCCCC4)cc3Nc3ccccc3)=CC3=CC(c4ccc(N5CCCCC5)cc4Nc4ccccc4)=NC(=N1)N32.